The second-order valence-corrected chi connectivity index (χ2v) is 4.87. The van der Waals surface area contributed by atoms with Gasteiger partial charge in [-0.05, 0) is 58.7 Å². The number of benzene rings is 2. The second kappa shape index (κ2) is 6.12. The Kier molecular flexibility index (Phi) is 4.50. The van der Waals surface area contributed by atoms with Crippen LogP contribution in [0.5, 0.6) is 11.5 Å². The van der Waals surface area contributed by atoms with Gasteiger partial charge in [-0.15, -0.1) is 0 Å². The molecule has 0 amide bonds. The molecule has 0 aliphatic heterocycles. The maximum atomic E-state index is 13.4. The minimum Gasteiger partial charge on any atom is -0.457 e. The fourth-order valence-electron chi connectivity index (χ4n) is 1.67. The molecule has 0 unspecified atom stereocenters. The lowest BCUT2D eigenvalue weighted by Gasteiger charge is -2.08. The molecule has 2 N–H and O–H groups in total. The monoisotopic (exact) mass is 327 g/mol. The normalized spacial score (nSPS) is 10.5. The summed E-state index contributed by atoms with van der Waals surface area (Å²) in [7, 11) is 0. The molecule has 0 fully saturated rings. The molecule has 0 bridgehead atoms. The first kappa shape index (κ1) is 14.0. The summed E-state index contributed by atoms with van der Waals surface area (Å²) in [5.41, 5.74) is 6.18. The molecule has 0 aromatic heterocycles. The highest BCUT2D eigenvalue weighted by molar-refractivity contribution is 9.10. The van der Waals surface area contributed by atoms with E-state index >= 15 is 0 Å². The molecule has 19 heavy (non-hydrogen) atoms. The lowest BCUT2D eigenvalue weighted by Crippen LogP contribution is -2.03. The van der Waals surface area contributed by atoms with Crippen LogP contribution in [0, 0.1) is 11.6 Å². The van der Waals surface area contributed by atoms with E-state index in [2.05, 4.69) is 15.9 Å². The third-order valence-electron chi connectivity index (χ3n) is 2.49. The van der Waals surface area contributed by atoms with Crippen LogP contribution in [0.1, 0.15) is 5.56 Å². The van der Waals surface area contributed by atoms with Gasteiger partial charge in [0.15, 0.2) is 0 Å². The zero-order chi connectivity index (χ0) is 13.8. The number of halogens is 3. The number of rotatable bonds is 4. The van der Waals surface area contributed by atoms with Gasteiger partial charge in [0.1, 0.15) is 23.1 Å². The number of hydrogen-bond donors (Lipinski definition) is 1. The fraction of sp³-hybridized carbons (Fsp3) is 0.143. The molecular formula is C14H12BrF2NO. The smallest absolute Gasteiger partial charge is 0.141 e. The molecule has 0 spiro atoms. The van der Waals surface area contributed by atoms with Crippen molar-refractivity contribution in [2.24, 2.45) is 5.73 Å². The van der Waals surface area contributed by atoms with Gasteiger partial charge in [-0.1, -0.05) is 0 Å². The summed E-state index contributed by atoms with van der Waals surface area (Å²) in [5, 5.41) is 0. The summed E-state index contributed by atoms with van der Waals surface area (Å²) < 4.78 is 32.5. The van der Waals surface area contributed by atoms with Crippen molar-refractivity contribution in [1.82, 2.24) is 0 Å². The Morgan fingerprint density at radius 1 is 1.05 bits per heavy atom. The van der Waals surface area contributed by atoms with E-state index in [1.165, 1.54) is 24.3 Å². The minimum atomic E-state index is -0.434. The highest BCUT2D eigenvalue weighted by atomic mass is 79.9. The van der Waals surface area contributed by atoms with E-state index in [-0.39, 0.29) is 0 Å². The zero-order valence-electron chi connectivity index (χ0n) is 10.00. The predicted octanol–water partition coefficient (Wildman–Crippen LogP) is 4.02. The third-order valence-corrected chi connectivity index (χ3v) is 3.13. The lowest BCUT2D eigenvalue weighted by molar-refractivity contribution is 0.470. The van der Waals surface area contributed by atoms with E-state index < -0.39 is 11.6 Å². The Labute approximate surface area is 118 Å². The summed E-state index contributed by atoms with van der Waals surface area (Å²) in [5.74, 6) is -0.204. The molecule has 100 valence electrons. The van der Waals surface area contributed by atoms with Gasteiger partial charge in [0.25, 0.3) is 0 Å². The molecule has 2 aromatic rings. The fourth-order valence-corrected chi connectivity index (χ4v) is 1.91. The van der Waals surface area contributed by atoms with Crippen LogP contribution < -0.4 is 10.5 Å². The van der Waals surface area contributed by atoms with Crippen molar-refractivity contribution in [1.29, 1.82) is 0 Å². The highest BCUT2D eigenvalue weighted by Crippen LogP contribution is 2.27. The Bertz CT molecular complexity index is 590. The Balaban J connectivity index is 2.24. The molecular weight excluding hydrogens is 316 g/mol. The van der Waals surface area contributed by atoms with Crippen molar-refractivity contribution in [2.75, 3.05) is 6.54 Å². The topological polar surface area (TPSA) is 35.2 Å². The molecule has 0 saturated carbocycles. The second-order valence-electron chi connectivity index (χ2n) is 4.01. The average Bonchev–Trinajstić information content (AvgIpc) is 2.33. The minimum absolute atomic E-state index is 0.310. The maximum absolute atomic E-state index is 13.4. The number of hydrogen-bond acceptors (Lipinski definition) is 2. The van der Waals surface area contributed by atoms with Gasteiger partial charge in [-0.3, -0.25) is 0 Å². The van der Waals surface area contributed by atoms with Gasteiger partial charge in [0, 0.05) is 12.1 Å². The summed E-state index contributed by atoms with van der Waals surface area (Å²) in [6, 6.07) is 8.71. The van der Waals surface area contributed by atoms with E-state index in [4.69, 9.17) is 10.5 Å². The molecule has 0 saturated heterocycles. The van der Waals surface area contributed by atoms with Crippen LogP contribution in [0.4, 0.5) is 8.78 Å². The van der Waals surface area contributed by atoms with Crippen LogP contribution in [0.3, 0.4) is 0 Å². The molecule has 0 radical (unpaired) electrons. The summed E-state index contributed by atoms with van der Waals surface area (Å²) in [6.07, 6.45) is 0.558. The van der Waals surface area contributed by atoms with Gasteiger partial charge >= 0.3 is 0 Å². The highest BCUT2D eigenvalue weighted by Gasteiger charge is 2.05. The first-order valence-corrected chi connectivity index (χ1v) is 6.50. The van der Waals surface area contributed by atoms with E-state index in [1.807, 2.05) is 0 Å². The van der Waals surface area contributed by atoms with Gasteiger partial charge in [-0.25, -0.2) is 8.78 Å². The first-order valence-electron chi connectivity index (χ1n) is 5.71. The van der Waals surface area contributed by atoms with Crippen molar-refractivity contribution in [3.8, 4) is 11.5 Å². The molecule has 2 aromatic carbocycles. The van der Waals surface area contributed by atoms with Crippen LogP contribution >= 0.6 is 15.9 Å². The molecule has 0 aliphatic rings. The van der Waals surface area contributed by atoms with Gasteiger partial charge in [0.2, 0.25) is 0 Å². The largest absolute Gasteiger partial charge is 0.457 e. The SMILES string of the molecule is NCCc1cc(F)cc(Oc2ccc(Br)c(F)c2)c1. The van der Waals surface area contributed by atoms with E-state index in [0.29, 0.717) is 28.9 Å². The first-order chi connectivity index (χ1) is 9.08. The lowest BCUT2D eigenvalue weighted by atomic mass is 10.1. The van der Waals surface area contributed by atoms with Crippen molar-refractivity contribution in [2.45, 2.75) is 6.42 Å². The molecule has 2 nitrogen and oxygen atoms in total. The summed E-state index contributed by atoms with van der Waals surface area (Å²) in [6.45, 7) is 0.426. The van der Waals surface area contributed by atoms with E-state index in [1.54, 1.807) is 12.1 Å². The Morgan fingerprint density at radius 2 is 1.84 bits per heavy atom. The zero-order valence-corrected chi connectivity index (χ0v) is 11.6. The van der Waals surface area contributed by atoms with Crippen LogP contribution in [-0.4, -0.2) is 6.54 Å². The van der Waals surface area contributed by atoms with Crippen LogP contribution in [0.2, 0.25) is 0 Å². The van der Waals surface area contributed by atoms with Crippen molar-refractivity contribution >= 4 is 15.9 Å². The molecule has 0 aliphatic carbocycles. The van der Waals surface area contributed by atoms with Crippen molar-refractivity contribution < 1.29 is 13.5 Å². The van der Waals surface area contributed by atoms with Crippen molar-refractivity contribution in [3.05, 3.63) is 58.1 Å². The Morgan fingerprint density at radius 3 is 2.53 bits per heavy atom. The standard InChI is InChI=1S/C14H12BrF2NO/c15-13-2-1-11(8-14(13)17)19-12-6-9(3-4-18)5-10(16)7-12/h1-2,5-8H,3-4,18H2. The molecule has 2 rings (SSSR count). The number of nitrogens with two attached hydrogens (primary N) is 1. The molecule has 5 heteroatoms. The van der Waals surface area contributed by atoms with Crippen LogP contribution in [0.25, 0.3) is 0 Å². The quantitative estimate of drug-likeness (QED) is 0.920. The van der Waals surface area contributed by atoms with Crippen LogP contribution in [-0.2, 0) is 6.42 Å². The number of ether oxygens (including phenoxy) is 1. The molecule has 0 atom stereocenters. The van der Waals surface area contributed by atoms with E-state index in [0.717, 1.165) is 5.56 Å². The summed E-state index contributed by atoms with van der Waals surface area (Å²) in [4.78, 5) is 0. The average molecular weight is 328 g/mol. The van der Waals surface area contributed by atoms with E-state index in [9.17, 15) is 8.78 Å². The molecule has 0 heterocycles. The van der Waals surface area contributed by atoms with Gasteiger partial charge in [0.05, 0.1) is 4.47 Å². The third kappa shape index (κ3) is 3.75. The Hall–Kier alpha value is -1.46. The predicted molar refractivity (Wildman–Crippen MR) is 73.3 cm³/mol. The van der Waals surface area contributed by atoms with Gasteiger partial charge < -0.3 is 10.5 Å². The van der Waals surface area contributed by atoms with Crippen molar-refractivity contribution in [3.63, 3.8) is 0 Å². The summed E-state index contributed by atoms with van der Waals surface area (Å²) >= 11 is 3.05. The van der Waals surface area contributed by atoms with Gasteiger partial charge in [-0.2, -0.15) is 0 Å². The van der Waals surface area contributed by atoms with Crippen LogP contribution in [0.15, 0.2) is 40.9 Å². The maximum Gasteiger partial charge on any atom is 0.141 e.